The van der Waals surface area contributed by atoms with Crippen LogP contribution in [0.4, 0.5) is 8.78 Å². The van der Waals surface area contributed by atoms with E-state index in [0.29, 0.717) is 0 Å². The summed E-state index contributed by atoms with van der Waals surface area (Å²) in [5.74, 6) is -1.84. The molecule has 0 saturated heterocycles. The van der Waals surface area contributed by atoms with Gasteiger partial charge in [0.05, 0.1) is 0 Å². The van der Waals surface area contributed by atoms with Gasteiger partial charge in [0.1, 0.15) is 6.04 Å². The molecule has 0 aliphatic heterocycles. The second kappa shape index (κ2) is 5.45. The fraction of sp³-hybridized carbons (Fsp3) is 0.714. The lowest BCUT2D eigenvalue weighted by Gasteiger charge is -2.12. The molecule has 2 N–H and O–H groups in total. The molecule has 6 heteroatoms. The van der Waals surface area contributed by atoms with E-state index in [1.165, 1.54) is 0 Å². The van der Waals surface area contributed by atoms with Gasteiger partial charge in [-0.05, 0) is 6.42 Å². The van der Waals surface area contributed by atoms with Crippen molar-refractivity contribution in [3.63, 3.8) is 0 Å². The van der Waals surface area contributed by atoms with Gasteiger partial charge in [-0.2, -0.15) is 0 Å². The van der Waals surface area contributed by atoms with Crippen LogP contribution in [0.1, 0.15) is 19.8 Å². The normalized spacial score (nSPS) is 12.6. The predicted molar refractivity (Wildman–Crippen MR) is 40.5 cm³/mol. The average Bonchev–Trinajstić information content (AvgIpc) is 1.96. The van der Waals surface area contributed by atoms with Crippen molar-refractivity contribution in [3.8, 4) is 0 Å². The van der Waals surface area contributed by atoms with Gasteiger partial charge in [0.25, 0.3) is 0 Å². The summed E-state index contributed by atoms with van der Waals surface area (Å²) >= 11 is 0. The summed E-state index contributed by atoms with van der Waals surface area (Å²) in [4.78, 5) is 20.8. The molecule has 0 heterocycles. The number of rotatable bonds is 5. The molecule has 0 aromatic heterocycles. The fourth-order valence-electron chi connectivity index (χ4n) is 0.795. The largest absolute Gasteiger partial charge is 0.480 e. The van der Waals surface area contributed by atoms with Crippen LogP contribution in [0.5, 0.6) is 0 Å². The van der Waals surface area contributed by atoms with Crippen molar-refractivity contribution >= 4 is 11.9 Å². The van der Waals surface area contributed by atoms with Crippen molar-refractivity contribution in [1.82, 2.24) is 5.32 Å². The van der Waals surface area contributed by atoms with Gasteiger partial charge in [0.2, 0.25) is 12.3 Å². The predicted octanol–water partition coefficient (Wildman–Crippen LogP) is 0.621. The Morgan fingerprint density at radius 1 is 1.38 bits per heavy atom. The van der Waals surface area contributed by atoms with Crippen molar-refractivity contribution in [2.45, 2.75) is 32.2 Å². The maximum absolute atomic E-state index is 11.7. The Labute approximate surface area is 73.9 Å². The van der Waals surface area contributed by atoms with E-state index in [1.54, 1.807) is 0 Å². The molecule has 0 aromatic rings. The van der Waals surface area contributed by atoms with E-state index >= 15 is 0 Å². The van der Waals surface area contributed by atoms with E-state index in [9.17, 15) is 18.4 Å². The Morgan fingerprint density at radius 3 is 2.23 bits per heavy atom. The Hall–Kier alpha value is -1.20. The number of carboxylic acids is 1. The van der Waals surface area contributed by atoms with Gasteiger partial charge in [0.15, 0.2) is 0 Å². The molecule has 0 rings (SSSR count). The summed E-state index contributed by atoms with van der Waals surface area (Å²) in [6.45, 7) is 1.14. The van der Waals surface area contributed by atoms with Crippen LogP contribution in [0.2, 0.25) is 0 Å². The number of carbonyl (C=O) groups is 2. The number of halogens is 2. The Balaban J connectivity index is 3.95. The van der Waals surface area contributed by atoms with Crippen LogP contribution in [0, 0.1) is 0 Å². The minimum Gasteiger partial charge on any atom is -0.480 e. The minimum absolute atomic E-state index is 0.257. The second-order valence-corrected chi connectivity index (χ2v) is 2.56. The van der Waals surface area contributed by atoms with E-state index < -0.39 is 30.8 Å². The van der Waals surface area contributed by atoms with Gasteiger partial charge in [-0.3, -0.25) is 4.79 Å². The highest BCUT2D eigenvalue weighted by Gasteiger charge is 2.19. The number of carbonyl (C=O) groups excluding carboxylic acids is 1. The molecule has 76 valence electrons. The zero-order valence-electron chi connectivity index (χ0n) is 7.09. The van der Waals surface area contributed by atoms with E-state index in [-0.39, 0.29) is 6.42 Å². The van der Waals surface area contributed by atoms with Gasteiger partial charge in [-0.25, -0.2) is 13.6 Å². The number of amides is 1. The molecular weight excluding hydrogens is 184 g/mol. The highest BCUT2D eigenvalue weighted by molar-refractivity contribution is 5.81. The van der Waals surface area contributed by atoms with Gasteiger partial charge < -0.3 is 10.4 Å². The van der Waals surface area contributed by atoms with Crippen LogP contribution in [0.15, 0.2) is 0 Å². The smallest absolute Gasteiger partial charge is 0.326 e. The zero-order valence-corrected chi connectivity index (χ0v) is 7.09. The lowest BCUT2D eigenvalue weighted by molar-refractivity contribution is -0.141. The monoisotopic (exact) mass is 195 g/mol. The third kappa shape index (κ3) is 6.01. The second-order valence-electron chi connectivity index (χ2n) is 2.56. The van der Waals surface area contributed by atoms with Crippen LogP contribution < -0.4 is 5.32 Å². The topological polar surface area (TPSA) is 66.4 Å². The van der Waals surface area contributed by atoms with Crippen LogP contribution in [0.3, 0.4) is 0 Å². The molecule has 1 atom stereocenters. The zero-order chi connectivity index (χ0) is 10.4. The third-order valence-electron chi connectivity index (χ3n) is 1.35. The number of hydrogen-bond donors (Lipinski definition) is 2. The lowest BCUT2D eigenvalue weighted by Crippen LogP contribution is -2.39. The fourth-order valence-corrected chi connectivity index (χ4v) is 0.795. The quantitative estimate of drug-likeness (QED) is 0.675. The number of alkyl halides is 2. The van der Waals surface area contributed by atoms with E-state index in [2.05, 4.69) is 5.32 Å². The van der Waals surface area contributed by atoms with Gasteiger partial charge in [-0.15, -0.1) is 0 Å². The van der Waals surface area contributed by atoms with E-state index in [4.69, 9.17) is 5.11 Å². The Morgan fingerprint density at radius 2 is 1.92 bits per heavy atom. The Bertz CT molecular complexity index is 196. The van der Waals surface area contributed by atoms with Crippen molar-refractivity contribution < 1.29 is 23.5 Å². The highest BCUT2D eigenvalue weighted by Crippen LogP contribution is 2.06. The first-order valence-corrected chi connectivity index (χ1v) is 3.71. The number of hydrogen-bond acceptors (Lipinski definition) is 2. The standard InChI is InChI=1S/C7H11F2NO3/c1-4(11)10-5(7(12)13)2-3-6(8)9/h5-6H,2-3H2,1H3,(H,10,11)(H,12,13)/t5-/m1/s1. The molecule has 0 unspecified atom stereocenters. The molecule has 0 radical (unpaired) electrons. The van der Waals surface area contributed by atoms with Crippen LogP contribution >= 0.6 is 0 Å². The molecule has 0 spiro atoms. The molecule has 0 bridgehead atoms. The molecule has 0 saturated carbocycles. The molecule has 13 heavy (non-hydrogen) atoms. The number of aliphatic carboxylic acids is 1. The van der Waals surface area contributed by atoms with Crippen molar-refractivity contribution in [3.05, 3.63) is 0 Å². The maximum atomic E-state index is 11.7. The Kier molecular flexibility index (Phi) is 4.94. The molecule has 1 amide bonds. The first-order valence-electron chi connectivity index (χ1n) is 3.71. The number of nitrogens with one attached hydrogen (secondary N) is 1. The summed E-state index contributed by atoms with van der Waals surface area (Å²) in [6, 6.07) is -1.22. The molecule has 0 fully saturated rings. The van der Waals surface area contributed by atoms with Crippen molar-refractivity contribution in [2.75, 3.05) is 0 Å². The summed E-state index contributed by atoms with van der Waals surface area (Å²) in [5, 5.41) is 10.5. The molecular formula is C7H11F2NO3. The first-order chi connectivity index (χ1) is 5.93. The summed E-state index contributed by atoms with van der Waals surface area (Å²) < 4.78 is 23.4. The average molecular weight is 195 g/mol. The van der Waals surface area contributed by atoms with Gasteiger partial charge >= 0.3 is 5.97 Å². The van der Waals surface area contributed by atoms with Crippen LogP contribution in [-0.2, 0) is 9.59 Å². The third-order valence-corrected chi connectivity index (χ3v) is 1.35. The van der Waals surface area contributed by atoms with Crippen LogP contribution in [-0.4, -0.2) is 29.5 Å². The van der Waals surface area contributed by atoms with Crippen molar-refractivity contribution in [2.24, 2.45) is 0 Å². The van der Waals surface area contributed by atoms with E-state index in [0.717, 1.165) is 6.92 Å². The maximum Gasteiger partial charge on any atom is 0.326 e. The van der Waals surface area contributed by atoms with Gasteiger partial charge in [0, 0.05) is 13.3 Å². The summed E-state index contributed by atoms with van der Waals surface area (Å²) in [7, 11) is 0. The first kappa shape index (κ1) is 11.8. The van der Waals surface area contributed by atoms with Crippen LogP contribution in [0.25, 0.3) is 0 Å². The van der Waals surface area contributed by atoms with Crippen molar-refractivity contribution in [1.29, 1.82) is 0 Å². The minimum atomic E-state index is -2.55. The molecule has 0 aliphatic rings. The number of carboxylic acid groups (broad SMARTS) is 1. The SMILES string of the molecule is CC(=O)N[C@H](CCC(F)F)C(=O)O. The van der Waals surface area contributed by atoms with E-state index in [1.807, 2.05) is 0 Å². The molecule has 4 nitrogen and oxygen atoms in total. The lowest BCUT2D eigenvalue weighted by atomic mass is 10.1. The van der Waals surface area contributed by atoms with Gasteiger partial charge in [-0.1, -0.05) is 0 Å². The highest BCUT2D eigenvalue weighted by atomic mass is 19.3. The summed E-state index contributed by atoms with van der Waals surface area (Å²) in [5.41, 5.74) is 0. The summed E-state index contributed by atoms with van der Waals surface area (Å²) in [6.07, 6.45) is -3.33. The molecule has 0 aliphatic carbocycles. The molecule has 0 aromatic carbocycles.